The molecule has 0 unspecified atom stereocenters. The van der Waals surface area contributed by atoms with Crippen LogP contribution in [0, 0.1) is 5.41 Å². The first-order chi connectivity index (χ1) is 5.20. The predicted molar refractivity (Wildman–Crippen MR) is 50.0 cm³/mol. The van der Waals surface area contributed by atoms with Gasteiger partial charge in [-0.05, 0) is 19.4 Å². The summed E-state index contributed by atoms with van der Waals surface area (Å²) in [5.74, 6) is 0. The summed E-state index contributed by atoms with van der Waals surface area (Å²) in [5.41, 5.74) is 7.00. The smallest absolute Gasteiger partial charge is 0.0449 e. The van der Waals surface area contributed by atoms with Crippen molar-refractivity contribution in [3.63, 3.8) is 0 Å². The number of hydrogen-bond donors (Lipinski definition) is 2. The van der Waals surface area contributed by atoms with Crippen LogP contribution in [0.4, 0.5) is 0 Å². The molecule has 3 N–H and O–H groups in total. The number of nitrogens with one attached hydrogen (secondary N) is 1. The molecule has 0 aliphatic rings. The summed E-state index contributed by atoms with van der Waals surface area (Å²) in [5, 5.41) is 7.20. The minimum Gasteiger partial charge on any atom is -0.325 e. The molecule has 0 aromatic carbocycles. The minimum atomic E-state index is 0.315. The van der Waals surface area contributed by atoms with Crippen LogP contribution in [0.2, 0.25) is 0 Å². The van der Waals surface area contributed by atoms with Crippen LogP contribution in [0.3, 0.4) is 0 Å². The Balaban J connectivity index is 3.85. The van der Waals surface area contributed by atoms with Gasteiger partial charge >= 0.3 is 0 Å². The summed E-state index contributed by atoms with van der Waals surface area (Å²) in [6.07, 6.45) is 6.65. The maximum Gasteiger partial charge on any atom is 0.0449 e. The van der Waals surface area contributed by atoms with E-state index in [1.807, 2.05) is 12.2 Å². The topological polar surface area (TPSA) is 49.9 Å². The van der Waals surface area contributed by atoms with Gasteiger partial charge in [0.1, 0.15) is 0 Å². The van der Waals surface area contributed by atoms with E-state index in [1.54, 1.807) is 6.08 Å². The Hall–Kier alpha value is -0.890. The summed E-state index contributed by atoms with van der Waals surface area (Å²) in [4.78, 5) is 0. The van der Waals surface area contributed by atoms with Gasteiger partial charge in [0.05, 0.1) is 0 Å². The Morgan fingerprint density at radius 2 is 2.18 bits per heavy atom. The molecule has 0 aromatic rings. The standard InChI is InChI=1S/C9H16N2/c1-3-8(2)5-4-6-9(11)7-10/h4-6,11H,3,7,10H2,1-2H3/b6-4-,8-5+,11-9?. The average molecular weight is 152 g/mol. The molecule has 0 amide bonds. The van der Waals surface area contributed by atoms with Gasteiger partial charge in [-0.2, -0.15) is 0 Å². The van der Waals surface area contributed by atoms with Crippen molar-refractivity contribution < 1.29 is 0 Å². The predicted octanol–water partition coefficient (Wildman–Crippen LogP) is 1.88. The fourth-order valence-electron chi connectivity index (χ4n) is 0.514. The van der Waals surface area contributed by atoms with Gasteiger partial charge < -0.3 is 11.1 Å². The van der Waals surface area contributed by atoms with Crippen LogP contribution in [-0.2, 0) is 0 Å². The Morgan fingerprint density at radius 1 is 1.55 bits per heavy atom. The van der Waals surface area contributed by atoms with E-state index < -0.39 is 0 Å². The molecule has 0 heterocycles. The molecule has 0 saturated carbocycles. The maximum absolute atomic E-state index is 7.20. The highest BCUT2D eigenvalue weighted by atomic mass is 14.6. The lowest BCUT2D eigenvalue weighted by Gasteiger charge is -1.90. The molecule has 0 aromatic heterocycles. The van der Waals surface area contributed by atoms with Crippen molar-refractivity contribution in [2.45, 2.75) is 20.3 Å². The average Bonchev–Trinajstić information content (AvgIpc) is 2.04. The molecule has 2 nitrogen and oxygen atoms in total. The highest BCUT2D eigenvalue weighted by Crippen LogP contribution is 1.97. The lowest BCUT2D eigenvalue weighted by Crippen LogP contribution is -2.08. The fourth-order valence-corrected chi connectivity index (χ4v) is 0.514. The van der Waals surface area contributed by atoms with E-state index >= 15 is 0 Å². The van der Waals surface area contributed by atoms with Crippen molar-refractivity contribution in [2.75, 3.05) is 6.54 Å². The SMILES string of the molecule is CC/C(C)=C/C=C\C(=N)CN. The van der Waals surface area contributed by atoms with Gasteiger partial charge in [0.2, 0.25) is 0 Å². The first-order valence-electron chi connectivity index (χ1n) is 3.82. The zero-order valence-corrected chi connectivity index (χ0v) is 7.22. The summed E-state index contributed by atoms with van der Waals surface area (Å²) in [7, 11) is 0. The zero-order valence-electron chi connectivity index (χ0n) is 7.22. The molecule has 0 spiro atoms. The van der Waals surface area contributed by atoms with Crippen molar-refractivity contribution in [3.05, 3.63) is 23.8 Å². The molecule has 0 fully saturated rings. The number of hydrogen-bond acceptors (Lipinski definition) is 2. The molecule has 0 aliphatic heterocycles. The molecular formula is C9H16N2. The molecule has 0 saturated heterocycles. The van der Waals surface area contributed by atoms with Gasteiger partial charge in [0, 0.05) is 12.3 Å². The Bertz CT molecular complexity index is 178. The number of allylic oxidation sites excluding steroid dienone is 3. The maximum atomic E-state index is 7.20. The third-order valence-electron chi connectivity index (χ3n) is 1.46. The van der Waals surface area contributed by atoms with Crippen LogP contribution in [0.5, 0.6) is 0 Å². The van der Waals surface area contributed by atoms with Crippen LogP contribution in [0.15, 0.2) is 23.8 Å². The summed E-state index contributed by atoms with van der Waals surface area (Å²) >= 11 is 0. The van der Waals surface area contributed by atoms with Crippen molar-refractivity contribution in [1.29, 1.82) is 5.41 Å². The molecule has 11 heavy (non-hydrogen) atoms. The van der Waals surface area contributed by atoms with Gasteiger partial charge in [-0.25, -0.2) is 0 Å². The molecule has 0 aliphatic carbocycles. The second-order valence-corrected chi connectivity index (χ2v) is 2.46. The zero-order chi connectivity index (χ0) is 8.69. The number of nitrogens with two attached hydrogens (primary N) is 1. The van der Waals surface area contributed by atoms with E-state index in [0.29, 0.717) is 12.3 Å². The highest BCUT2D eigenvalue weighted by molar-refractivity contribution is 5.93. The molecule has 0 rings (SSSR count). The quantitative estimate of drug-likeness (QED) is 0.469. The molecule has 0 atom stereocenters. The fraction of sp³-hybridized carbons (Fsp3) is 0.444. The van der Waals surface area contributed by atoms with Crippen LogP contribution in [0.1, 0.15) is 20.3 Å². The van der Waals surface area contributed by atoms with E-state index in [2.05, 4.69) is 13.8 Å². The first-order valence-corrected chi connectivity index (χ1v) is 3.82. The van der Waals surface area contributed by atoms with Crippen molar-refractivity contribution in [3.8, 4) is 0 Å². The molecular weight excluding hydrogens is 136 g/mol. The largest absolute Gasteiger partial charge is 0.325 e. The molecule has 2 heteroatoms. The van der Waals surface area contributed by atoms with E-state index in [1.165, 1.54) is 5.57 Å². The van der Waals surface area contributed by atoms with Crippen molar-refractivity contribution in [2.24, 2.45) is 5.73 Å². The van der Waals surface area contributed by atoms with Gasteiger partial charge in [0.25, 0.3) is 0 Å². The monoisotopic (exact) mass is 152 g/mol. The van der Waals surface area contributed by atoms with E-state index in [0.717, 1.165) is 6.42 Å². The molecule has 0 bridgehead atoms. The minimum absolute atomic E-state index is 0.315. The lowest BCUT2D eigenvalue weighted by atomic mass is 10.2. The van der Waals surface area contributed by atoms with Gasteiger partial charge in [-0.1, -0.05) is 24.6 Å². The van der Waals surface area contributed by atoms with Crippen LogP contribution in [0.25, 0.3) is 0 Å². The summed E-state index contributed by atoms with van der Waals surface area (Å²) < 4.78 is 0. The van der Waals surface area contributed by atoms with Gasteiger partial charge in [0.15, 0.2) is 0 Å². The summed E-state index contributed by atoms with van der Waals surface area (Å²) in [6.45, 7) is 4.49. The number of rotatable bonds is 4. The van der Waals surface area contributed by atoms with Gasteiger partial charge in [-0.15, -0.1) is 0 Å². The Labute approximate surface area is 68.3 Å². The van der Waals surface area contributed by atoms with Crippen molar-refractivity contribution in [1.82, 2.24) is 0 Å². The van der Waals surface area contributed by atoms with Crippen LogP contribution in [-0.4, -0.2) is 12.3 Å². The highest BCUT2D eigenvalue weighted by Gasteiger charge is 1.82. The van der Waals surface area contributed by atoms with E-state index in [4.69, 9.17) is 11.1 Å². The summed E-state index contributed by atoms with van der Waals surface area (Å²) in [6, 6.07) is 0. The van der Waals surface area contributed by atoms with E-state index in [9.17, 15) is 0 Å². The second-order valence-electron chi connectivity index (χ2n) is 2.46. The second kappa shape index (κ2) is 5.86. The Morgan fingerprint density at radius 3 is 2.64 bits per heavy atom. The molecule has 0 radical (unpaired) electrons. The van der Waals surface area contributed by atoms with Crippen LogP contribution < -0.4 is 5.73 Å². The molecule has 62 valence electrons. The van der Waals surface area contributed by atoms with Crippen molar-refractivity contribution >= 4 is 5.71 Å². The normalized spacial score (nSPS) is 12.5. The van der Waals surface area contributed by atoms with E-state index in [-0.39, 0.29) is 0 Å². The van der Waals surface area contributed by atoms with Crippen LogP contribution >= 0.6 is 0 Å². The van der Waals surface area contributed by atoms with Gasteiger partial charge in [-0.3, -0.25) is 0 Å². The Kier molecular flexibility index (Phi) is 5.39. The third kappa shape index (κ3) is 5.55. The lowest BCUT2D eigenvalue weighted by molar-refractivity contribution is 1.10. The first kappa shape index (κ1) is 10.1. The third-order valence-corrected chi connectivity index (χ3v) is 1.46.